The van der Waals surface area contributed by atoms with Crippen LogP contribution in [0.2, 0.25) is 0 Å². The Morgan fingerprint density at radius 1 is 1.33 bits per heavy atom. The normalized spacial score (nSPS) is 31.6. The molecule has 0 saturated heterocycles. The Morgan fingerprint density at radius 3 is 2.78 bits per heavy atom. The second kappa shape index (κ2) is 6.37. The highest BCUT2D eigenvalue weighted by molar-refractivity contribution is 5.79. The summed E-state index contributed by atoms with van der Waals surface area (Å²) in [6.45, 7) is 3.65. The first kappa shape index (κ1) is 13.6. The van der Waals surface area contributed by atoms with E-state index in [0.717, 1.165) is 38.8 Å². The van der Waals surface area contributed by atoms with Gasteiger partial charge in [0.1, 0.15) is 0 Å². The molecule has 2 N–H and O–H groups in total. The van der Waals surface area contributed by atoms with Gasteiger partial charge in [0.25, 0.3) is 0 Å². The summed E-state index contributed by atoms with van der Waals surface area (Å²) in [7, 11) is 0. The van der Waals surface area contributed by atoms with Gasteiger partial charge in [0.05, 0.1) is 0 Å². The van der Waals surface area contributed by atoms with E-state index in [1.807, 2.05) is 0 Å². The van der Waals surface area contributed by atoms with Crippen LogP contribution in [-0.4, -0.2) is 29.9 Å². The molecule has 0 bridgehead atoms. The van der Waals surface area contributed by atoms with Crippen LogP contribution in [0, 0.1) is 11.8 Å². The molecule has 3 nitrogen and oxygen atoms in total. The van der Waals surface area contributed by atoms with Gasteiger partial charge in [-0.05, 0) is 51.5 Å². The molecular weight excluding hydrogens is 224 g/mol. The average molecular weight is 250 g/mol. The van der Waals surface area contributed by atoms with E-state index in [1.54, 1.807) is 0 Å². The van der Waals surface area contributed by atoms with Crippen molar-refractivity contribution in [2.75, 3.05) is 13.1 Å². The first-order valence-electron chi connectivity index (χ1n) is 7.43. The van der Waals surface area contributed by atoms with E-state index in [4.69, 9.17) is 5.73 Å². The standard InChI is InChI=1S/C15H26N2O/c1-2-17(14-10-6-9-13(14)11-16)15(18)12-7-4-3-5-8-12/h3-4,12-14H,2,5-11,16H2,1H3. The quantitative estimate of drug-likeness (QED) is 0.778. The predicted molar refractivity (Wildman–Crippen MR) is 74.1 cm³/mol. The zero-order valence-corrected chi connectivity index (χ0v) is 11.5. The summed E-state index contributed by atoms with van der Waals surface area (Å²) >= 11 is 0. The first-order valence-corrected chi connectivity index (χ1v) is 7.43. The molecule has 18 heavy (non-hydrogen) atoms. The second-order valence-corrected chi connectivity index (χ2v) is 5.60. The van der Waals surface area contributed by atoms with Gasteiger partial charge in [-0.2, -0.15) is 0 Å². The number of nitrogens with two attached hydrogens (primary N) is 1. The van der Waals surface area contributed by atoms with Gasteiger partial charge in [-0.25, -0.2) is 0 Å². The predicted octanol–water partition coefficient (Wildman–Crippen LogP) is 2.32. The summed E-state index contributed by atoms with van der Waals surface area (Å²) in [6.07, 6.45) is 10.9. The Labute approximate surface area is 110 Å². The maximum atomic E-state index is 12.6. The minimum absolute atomic E-state index is 0.217. The molecule has 0 aromatic carbocycles. The van der Waals surface area contributed by atoms with Crippen LogP contribution in [-0.2, 0) is 4.79 Å². The first-order chi connectivity index (χ1) is 8.77. The van der Waals surface area contributed by atoms with E-state index < -0.39 is 0 Å². The molecule has 1 saturated carbocycles. The van der Waals surface area contributed by atoms with Crippen LogP contribution in [0.3, 0.4) is 0 Å². The molecule has 2 aliphatic carbocycles. The van der Waals surface area contributed by atoms with E-state index in [0.29, 0.717) is 17.9 Å². The number of hydrogen-bond acceptors (Lipinski definition) is 2. The fraction of sp³-hybridized carbons (Fsp3) is 0.800. The lowest BCUT2D eigenvalue weighted by Crippen LogP contribution is -2.46. The van der Waals surface area contributed by atoms with Crippen LogP contribution in [0.1, 0.15) is 45.4 Å². The topological polar surface area (TPSA) is 46.3 Å². The summed E-state index contributed by atoms with van der Waals surface area (Å²) in [5.74, 6) is 1.11. The number of amides is 1. The van der Waals surface area contributed by atoms with Gasteiger partial charge >= 0.3 is 0 Å². The highest BCUT2D eigenvalue weighted by Crippen LogP contribution is 2.31. The van der Waals surface area contributed by atoms with Crippen molar-refractivity contribution in [1.82, 2.24) is 4.90 Å². The number of rotatable bonds is 4. The maximum Gasteiger partial charge on any atom is 0.226 e. The number of allylic oxidation sites excluding steroid dienone is 2. The summed E-state index contributed by atoms with van der Waals surface area (Å²) < 4.78 is 0. The Morgan fingerprint density at radius 2 is 2.17 bits per heavy atom. The van der Waals surface area contributed by atoms with E-state index >= 15 is 0 Å². The fourth-order valence-corrected chi connectivity index (χ4v) is 3.51. The molecule has 1 amide bonds. The van der Waals surface area contributed by atoms with Crippen molar-refractivity contribution >= 4 is 5.91 Å². The number of carbonyl (C=O) groups is 1. The lowest BCUT2D eigenvalue weighted by atomic mass is 9.91. The Balaban J connectivity index is 2.03. The van der Waals surface area contributed by atoms with Crippen molar-refractivity contribution in [1.29, 1.82) is 0 Å². The van der Waals surface area contributed by atoms with E-state index in [-0.39, 0.29) is 5.92 Å². The molecule has 3 heteroatoms. The summed E-state index contributed by atoms with van der Waals surface area (Å²) in [5, 5.41) is 0. The van der Waals surface area contributed by atoms with Gasteiger partial charge in [-0.15, -0.1) is 0 Å². The zero-order valence-electron chi connectivity index (χ0n) is 11.5. The summed E-state index contributed by atoms with van der Waals surface area (Å²) in [6, 6.07) is 0.401. The van der Waals surface area contributed by atoms with Crippen molar-refractivity contribution in [3.63, 3.8) is 0 Å². The average Bonchev–Trinajstić information content (AvgIpc) is 2.89. The highest BCUT2D eigenvalue weighted by atomic mass is 16.2. The van der Waals surface area contributed by atoms with Gasteiger partial charge in [0, 0.05) is 18.5 Å². The molecule has 0 aliphatic heterocycles. The van der Waals surface area contributed by atoms with Crippen LogP contribution >= 0.6 is 0 Å². The van der Waals surface area contributed by atoms with E-state index in [2.05, 4.69) is 24.0 Å². The van der Waals surface area contributed by atoms with Gasteiger partial charge < -0.3 is 10.6 Å². The van der Waals surface area contributed by atoms with Crippen LogP contribution in [0.15, 0.2) is 12.2 Å². The Hall–Kier alpha value is -0.830. The van der Waals surface area contributed by atoms with Gasteiger partial charge in [0.15, 0.2) is 0 Å². The van der Waals surface area contributed by atoms with Gasteiger partial charge in [-0.3, -0.25) is 4.79 Å². The monoisotopic (exact) mass is 250 g/mol. The molecule has 0 aromatic heterocycles. The molecule has 3 unspecified atom stereocenters. The summed E-state index contributed by atoms with van der Waals surface area (Å²) in [4.78, 5) is 14.7. The maximum absolute atomic E-state index is 12.6. The molecular formula is C15H26N2O. The van der Waals surface area contributed by atoms with Crippen molar-refractivity contribution in [3.8, 4) is 0 Å². The third kappa shape index (κ3) is 2.77. The van der Waals surface area contributed by atoms with Crippen LogP contribution in [0.4, 0.5) is 0 Å². The van der Waals surface area contributed by atoms with Crippen molar-refractivity contribution in [3.05, 3.63) is 12.2 Å². The third-order valence-electron chi connectivity index (χ3n) is 4.56. The fourth-order valence-electron chi connectivity index (χ4n) is 3.51. The Bertz CT molecular complexity index is 314. The van der Waals surface area contributed by atoms with Crippen molar-refractivity contribution < 1.29 is 4.79 Å². The zero-order chi connectivity index (χ0) is 13.0. The van der Waals surface area contributed by atoms with Crippen molar-refractivity contribution in [2.45, 2.75) is 51.5 Å². The molecule has 0 spiro atoms. The number of hydrogen-bond donors (Lipinski definition) is 1. The highest BCUT2D eigenvalue weighted by Gasteiger charge is 2.35. The second-order valence-electron chi connectivity index (χ2n) is 5.60. The van der Waals surface area contributed by atoms with E-state index in [9.17, 15) is 4.79 Å². The van der Waals surface area contributed by atoms with E-state index in [1.165, 1.54) is 12.8 Å². The minimum Gasteiger partial charge on any atom is -0.339 e. The minimum atomic E-state index is 0.217. The summed E-state index contributed by atoms with van der Waals surface area (Å²) in [5.41, 5.74) is 5.85. The van der Waals surface area contributed by atoms with Crippen LogP contribution in [0.25, 0.3) is 0 Å². The third-order valence-corrected chi connectivity index (χ3v) is 4.56. The number of nitrogens with zero attached hydrogens (tertiary/aromatic N) is 1. The van der Waals surface area contributed by atoms with Gasteiger partial charge in [0.2, 0.25) is 5.91 Å². The van der Waals surface area contributed by atoms with Crippen LogP contribution in [0.5, 0.6) is 0 Å². The molecule has 3 atom stereocenters. The van der Waals surface area contributed by atoms with Gasteiger partial charge in [-0.1, -0.05) is 18.6 Å². The SMILES string of the molecule is CCN(C(=O)C1CC=CCC1)C1CCCC1CN. The smallest absolute Gasteiger partial charge is 0.226 e. The van der Waals surface area contributed by atoms with Crippen molar-refractivity contribution in [2.24, 2.45) is 17.6 Å². The largest absolute Gasteiger partial charge is 0.339 e. The molecule has 102 valence electrons. The lowest BCUT2D eigenvalue weighted by molar-refractivity contribution is -0.138. The Kier molecular flexibility index (Phi) is 4.81. The molecule has 0 heterocycles. The molecule has 0 aromatic rings. The molecule has 1 fully saturated rings. The molecule has 2 aliphatic rings. The number of carbonyl (C=O) groups excluding carboxylic acids is 1. The molecule has 2 rings (SSSR count). The molecule has 0 radical (unpaired) electrons. The van der Waals surface area contributed by atoms with Crippen LogP contribution < -0.4 is 5.73 Å². The lowest BCUT2D eigenvalue weighted by Gasteiger charge is -2.35.